The first-order chi connectivity index (χ1) is 11.6. The van der Waals surface area contributed by atoms with Crippen LogP contribution in [0.25, 0.3) is 0 Å². The molecule has 0 aliphatic carbocycles. The zero-order valence-electron chi connectivity index (χ0n) is 13.2. The van der Waals surface area contributed by atoms with E-state index in [2.05, 4.69) is 10.3 Å². The molecule has 0 saturated heterocycles. The average molecular weight is 343 g/mol. The summed E-state index contributed by atoms with van der Waals surface area (Å²) >= 11 is 1.57. The summed E-state index contributed by atoms with van der Waals surface area (Å²) in [4.78, 5) is 42.8. The van der Waals surface area contributed by atoms with Crippen LogP contribution in [-0.4, -0.2) is 40.7 Å². The molecule has 3 amide bonds. The fourth-order valence-electron chi connectivity index (χ4n) is 2.63. The minimum Gasteiger partial charge on any atom is -0.356 e. The van der Waals surface area contributed by atoms with E-state index in [9.17, 15) is 14.4 Å². The van der Waals surface area contributed by atoms with Gasteiger partial charge in [-0.1, -0.05) is 12.1 Å². The summed E-state index contributed by atoms with van der Waals surface area (Å²) in [6.45, 7) is 2.55. The fourth-order valence-corrected chi connectivity index (χ4v) is 3.41. The average Bonchev–Trinajstić information content (AvgIpc) is 3.09. The van der Waals surface area contributed by atoms with Crippen LogP contribution in [0.2, 0.25) is 0 Å². The summed E-state index contributed by atoms with van der Waals surface area (Å²) in [5, 5.41) is 2.81. The van der Waals surface area contributed by atoms with Crippen molar-refractivity contribution in [1.82, 2.24) is 15.2 Å². The van der Waals surface area contributed by atoms with Crippen molar-refractivity contribution in [2.45, 2.75) is 19.8 Å². The number of aromatic nitrogens is 1. The summed E-state index contributed by atoms with van der Waals surface area (Å²) in [6.07, 6.45) is 0.836. The lowest BCUT2D eigenvalue weighted by molar-refractivity contribution is -0.121. The molecule has 1 aliphatic heterocycles. The molecule has 2 heterocycles. The Morgan fingerprint density at radius 2 is 1.88 bits per heavy atom. The molecule has 0 bridgehead atoms. The number of hydrogen-bond donors (Lipinski definition) is 1. The van der Waals surface area contributed by atoms with Gasteiger partial charge >= 0.3 is 0 Å². The second kappa shape index (κ2) is 6.92. The molecule has 124 valence electrons. The van der Waals surface area contributed by atoms with E-state index in [4.69, 9.17) is 0 Å². The van der Waals surface area contributed by atoms with Crippen LogP contribution < -0.4 is 5.32 Å². The van der Waals surface area contributed by atoms with Crippen LogP contribution >= 0.6 is 11.3 Å². The number of amides is 3. The molecule has 1 aromatic carbocycles. The third-order valence-electron chi connectivity index (χ3n) is 3.96. The van der Waals surface area contributed by atoms with Crippen molar-refractivity contribution in [2.24, 2.45) is 0 Å². The van der Waals surface area contributed by atoms with E-state index >= 15 is 0 Å². The van der Waals surface area contributed by atoms with Crippen molar-refractivity contribution in [2.75, 3.05) is 13.1 Å². The van der Waals surface area contributed by atoms with Gasteiger partial charge in [-0.3, -0.25) is 19.3 Å². The first-order valence-corrected chi connectivity index (χ1v) is 8.57. The molecule has 1 aliphatic rings. The van der Waals surface area contributed by atoms with E-state index < -0.39 is 0 Å². The van der Waals surface area contributed by atoms with Crippen LogP contribution in [0.1, 0.15) is 37.7 Å². The van der Waals surface area contributed by atoms with E-state index in [0.29, 0.717) is 17.7 Å². The topological polar surface area (TPSA) is 79.4 Å². The quantitative estimate of drug-likeness (QED) is 0.811. The summed E-state index contributed by atoms with van der Waals surface area (Å²) in [5.74, 6) is -0.832. The first kappa shape index (κ1) is 16.3. The number of imide groups is 1. The molecule has 24 heavy (non-hydrogen) atoms. The molecule has 1 aromatic heterocycles. The molecule has 0 unspecified atom stereocenters. The summed E-state index contributed by atoms with van der Waals surface area (Å²) in [5.41, 5.74) is 3.59. The smallest absolute Gasteiger partial charge is 0.261 e. The summed E-state index contributed by atoms with van der Waals surface area (Å²) in [7, 11) is 0. The predicted molar refractivity (Wildman–Crippen MR) is 90.0 cm³/mol. The van der Waals surface area contributed by atoms with Gasteiger partial charge in [0, 0.05) is 30.8 Å². The number of rotatable bonds is 6. The number of thiazole rings is 1. The van der Waals surface area contributed by atoms with Gasteiger partial charge in [-0.2, -0.15) is 0 Å². The third kappa shape index (κ3) is 3.21. The molecule has 0 atom stereocenters. The van der Waals surface area contributed by atoms with Gasteiger partial charge in [0.05, 0.1) is 22.3 Å². The highest BCUT2D eigenvalue weighted by atomic mass is 32.1. The monoisotopic (exact) mass is 343 g/mol. The van der Waals surface area contributed by atoms with Gasteiger partial charge in [0.25, 0.3) is 11.8 Å². The third-order valence-corrected chi connectivity index (χ3v) is 4.95. The highest BCUT2D eigenvalue weighted by Gasteiger charge is 2.34. The lowest BCUT2D eigenvalue weighted by Crippen LogP contribution is -2.35. The zero-order valence-corrected chi connectivity index (χ0v) is 14.1. The molecule has 0 saturated carbocycles. The van der Waals surface area contributed by atoms with E-state index in [1.54, 1.807) is 41.1 Å². The predicted octanol–water partition coefficient (Wildman–Crippen LogP) is 1.80. The molecule has 0 fully saturated rings. The fraction of sp³-hybridized carbons (Fsp3) is 0.294. The van der Waals surface area contributed by atoms with Gasteiger partial charge in [-0.05, 0) is 19.1 Å². The Bertz CT molecular complexity index is 765. The number of carbonyl (C=O) groups is 3. The standard InChI is InChI=1S/C17H17N3O3S/c1-11-14(24-10-19-11)6-8-18-15(21)7-9-20-16(22)12-4-2-3-5-13(12)17(20)23/h2-5,10H,6-9H2,1H3,(H,18,21). The van der Waals surface area contributed by atoms with Crippen molar-refractivity contribution in [3.05, 3.63) is 51.5 Å². The normalized spacial score (nSPS) is 13.3. The molecule has 2 aromatic rings. The molecule has 0 spiro atoms. The molecule has 1 N–H and O–H groups in total. The molecule has 6 nitrogen and oxygen atoms in total. The number of nitrogens with zero attached hydrogens (tertiary/aromatic N) is 2. The summed E-state index contributed by atoms with van der Waals surface area (Å²) < 4.78 is 0. The zero-order chi connectivity index (χ0) is 17.1. The minimum absolute atomic E-state index is 0.0950. The lowest BCUT2D eigenvalue weighted by Gasteiger charge is -2.13. The van der Waals surface area contributed by atoms with Gasteiger partial charge < -0.3 is 5.32 Å². The van der Waals surface area contributed by atoms with Gasteiger partial charge in [0.15, 0.2) is 0 Å². The number of benzene rings is 1. The van der Waals surface area contributed by atoms with Crippen LogP contribution in [0.3, 0.4) is 0 Å². The van der Waals surface area contributed by atoms with Crippen LogP contribution in [0, 0.1) is 6.92 Å². The van der Waals surface area contributed by atoms with E-state index in [1.165, 1.54) is 0 Å². The number of carbonyl (C=O) groups excluding carboxylic acids is 3. The Balaban J connectivity index is 1.48. The Morgan fingerprint density at radius 3 is 2.46 bits per heavy atom. The second-order valence-electron chi connectivity index (χ2n) is 5.52. The van der Waals surface area contributed by atoms with Crippen LogP contribution in [0.4, 0.5) is 0 Å². The van der Waals surface area contributed by atoms with Crippen LogP contribution in [0.15, 0.2) is 29.8 Å². The molecular weight excluding hydrogens is 326 g/mol. The lowest BCUT2D eigenvalue weighted by atomic mass is 10.1. The van der Waals surface area contributed by atoms with Crippen molar-refractivity contribution >= 4 is 29.1 Å². The molecule has 3 rings (SSSR count). The SMILES string of the molecule is Cc1ncsc1CCNC(=O)CCN1C(=O)c2ccccc2C1=O. The number of fused-ring (bicyclic) bond motifs is 1. The van der Waals surface area contributed by atoms with E-state index in [-0.39, 0.29) is 30.7 Å². The van der Waals surface area contributed by atoms with Crippen LogP contribution in [0.5, 0.6) is 0 Å². The van der Waals surface area contributed by atoms with Crippen molar-refractivity contribution in [3.63, 3.8) is 0 Å². The molecule has 7 heteroatoms. The largest absolute Gasteiger partial charge is 0.356 e. The number of nitrogens with one attached hydrogen (secondary N) is 1. The maximum absolute atomic E-state index is 12.2. The first-order valence-electron chi connectivity index (χ1n) is 7.69. The van der Waals surface area contributed by atoms with E-state index in [1.807, 2.05) is 6.92 Å². The van der Waals surface area contributed by atoms with Crippen molar-refractivity contribution in [3.8, 4) is 0 Å². The second-order valence-corrected chi connectivity index (χ2v) is 6.46. The Labute approximate surface area is 143 Å². The number of hydrogen-bond acceptors (Lipinski definition) is 5. The van der Waals surface area contributed by atoms with Gasteiger partial charge in [0.1, 0.15) is 0 Å². The molecular formula is C17H17N3O3S. The van der Waals surface area contributed by atoms with Gasteiger partial charge in [0.2, 0.25) is 5.91 Å². The Morgan fingerprint density at radius 1 is 1.21 bits per heavy atom. The Kier molecular flexibility index (Phi) is 4.71. The highest BCUT2D eigenvalue weighted by molar-refractivity contribution is 7.09. The van der Waals surface area contributed by atoms with E-state index in [0.717, 1.165) is 21.9 Å². The molecule has 0 radical (unpaired) electrons. The minimum atomic E-state index is -0.330. The van der Waals surface area contributed by atoms with Crippen LogP contribution in [-0.2, 0) is 11.2 Å². The highest BCUT2D eigenvalue weighted by Crippen LogP contribution is 2.22. The van der Waals surface area contributed by atoms with Crippen molar-refractivity contribution < 1.29 is 14.4 Å². The van der Waals surface area contributed by atoms with Gasteiger partial charge in [-0.25, -0.2) is 4.98 Å². The van der Waals surface area contributed by atoms with Gasteiger partial charge in [-0.15, -0.1) is 11.3 Å². The Hall–Kier alpha value is -2.54. The van der Waals surface area contributed by atoms with Crippen molar-refractivity contribution in [1.29, 1.82) is 0 Å². The maximum atomic E-state index is 12.2. The maximum Gasteiger partial charge on any atom is 0.261 e. The summed E-state index contributed by atoms with van der Waals surface area (Å²) in [6, 6.07) is 6.71. The number of aryl methyl sites for hydroxylation is 1.